The molecule has 0 amide bonds. The number of rotatable bonds is 4. The molecular formula is C11H14N4O3. The van der Waals surface area contributed by atoms with E-state index in [4.69, 9.17) is 9.52 Å². The molecule has 0 saturated carbocycles. The Balaban J connectivity index is 2.29. The number of carboxylic acids is 1. The first-order valence-corrected chi connectivity index (χ1v) is 5.61. The monoisotopic (exact) mass is 250 g/mol. The van der Waals surface area contributed by atoms with Crippen LogP contribution in [0.4, 0.5) is 0 Å². The lowest BCUT2D eigenvalue weighted by Gasteiger charge is -2.00. The van der Waals surface area contributed by atoms with Crippen LogP contribution in [0.2, 0.25) is 0 Å². The molecule has 1 N–H and O–H groups in total. The van der Waals surface area contributed by atoms with Crippen LogP contribution in [0.15, 0.2) is 4.42 Å². The van der Waals surface area contributed by atoms with Crippen LogP contribution in [0.25, 0.3) is 0 Å². The molecule has 7 nitrogen and oxygen atoms in total. The fourth-order valence-corrected chi connectivity index (χ4v) is 1.78. The third-order valence-corrected chi connectivity index (χ3v) is 2.69. The minimum Gasteiger partial charge on any atom is -0.478 e. The maximum Gasteiger partial charge on any atom is 0.339 e. The maximum atomic E-state index is 11.1. The zero-order valence-electron chi connectivity index (χ0n) is 10.5. The predicted octanol–water partition coefficient (Wildman–Crippen LogP) is 1.19. The van der Waals surface area contributed by atoms with Gasteiger partial charge in [-0.15, -0.1) is 10.2 Å². The van der Waals surface area contributed by atoms with Gasteiger partial charge in [-0.05, 0) is 13.8 Å². The lowest BCUT2D eigenvalue weighted by molar-refractivity contribution is 0.0695. The van der Waals surface area contributed by atoms with Gasteiger partial charge >= 0.3 is 5.97 Å². The number of aryl methyl sites for hydroxylation is 2. The number of aromatic carboxylic acids is 1. The van der Waals surface area contributed by atoms with Crippen LogP contribution in [0.3, 0.4) is 0 Å². The van der Waals surface area contributed by atoms with Crippen LogP contribution in [0, 0.1) is 13.8 Å². The quantitative estimate of drug-likeness (QED) is 0.875. The van der Waals surface area contributed by atoms with Crippen molar-refractivity contribution in [2.24, 2.45) is 0 Å². The molecule has 0 bridgehead atoms. The van der Waals surface area contributed by atoms with Gasteiger partial charge in [-0.3, -0.25) is 4.68 Å². The molecule has 2 rings (SSSR count). The Hall–Kier alpha value is -2.18. The molecule has 0 fully saturated rings. The molecule has 2 aromatic rings. The summed E-state index contributed by atoms with van der Waals surface area (Å²) in [5.74, 6) is 0.00963. The van der Waals surface area contributed by atoms with Gasteiger partial charge in [-0.1, -0.05) is 6.92 Å². The van der Waals surface area contributed by atoms with Gasteiger partial charge in [0.1, 0.15) is 12.1 Å². The van der Waals surface area contributed by atoms with Crippen molar-refractivity contribution in [1.82, 2.24) is 20.0 Å². The Morgan fingerprint density at radius 2 is 2.00 bits per heavy atom. The first kappa shape index (κ1) is 12.3. The third kappa shape index (κ3) is 2.11. The maximum absolute atomic E-state index is 11.1. The first-order chi connectivity index (χ1) is 8.52. The van der Waals surface area contributed by atoms with Crippen LogP contribution in [-0.4, -0.2) is 31.1 Å². The van der Waals surface area contributed by atoms with Crippen molar-refractivity contribution in [3.63, 3.8) is 0 Å². The Bertz CT molecular complexity index is 585. The van der Waals surface area contributed by atoms with E-state index in [0.717, 1.165) is 0 Å². The predicted molar refractivity (Wildman–Crippen MR) is 61.4 cm³/mol. The number of nitrogens with zero attached hydrogens (tertiary/aromatic N) is 4. The van der Waals surface area contributed by atoms with Gasteiger partial charge in [0.05, 0.1) is 11.4 Å². The Morgan fingerprint density at radius 1 is 1.33 bits per heavy atom. The summed E-state index contributed by atoms with van der Waals surface area (Å²) in [6.45, 7) is 5.58. The van der Waals surface area contributed by atoms with Crippen LogP contribution >= 0.6 is 0 Å². The molecule has 0 aliphatic carbocycles. The van der Waals surface area contributed by atoms with Crippen LogP contribution in [-0.2, 0) is 13.0 Å². The van der Waals surface area contributed by atoms with Crippen molar-refractivity contribution < 1.29 is 14.3 Å². The molecule has 0 aliphatic heterocycles. The van der Waals surface area contributed by atoms with E-state index in [-0.39, 0.29) is 12.1 Å². The summed E-state index contributed by atoms with van der Waals surface area (Å²) in [5.41, 5.74) is 1.29. The van der Waals surface area contributed by atoms with Crippen molar-refractivity contribution in [1.29, 1.82) is 0 Å². The molecule has 0 aliphatic rings. The number of hydrogen-bond donors (Lipinski definition) is 1. The van der Waals surface area contributed by atoms with Crippen molar-refractivity contribution in [3.05, 3.63) is 28.7 Å². The fourth-order valence-electron chi connectivity index (χ4n) is 1.78. The number of aromatic nitrogens is 4. The standard InChI is InChI=1S/C11H14N4O3/c1-4-8-12-13-9(18-8)5-15-7(3)10(11(16)17)6(2)14-15/h4-5H2,1-3H3,(H,16,17). The average molecular weight is 250 g/mol. The van der Waals surface area contributed by atoms with E-state index in [1.807, 2.05) is 6.92 Å². The molecule has 2 aromatic heterocycles. The molecule has 0 atom stereocenters. The summed E-state index contributed by atoms with van der Waals surface area (Å²) in [6, 6.07) is 0. The van der Waals surface area contributed by atoms with Crippen LogP contribution < -0.4 is 0 Å². The first-order valence-electron chi connectivity index (χ1n) is 5.61. The summed E-state index contributed by atoms with van der Waals surface area (Å²) in [4.78, 5) is 11.1. The normalized spacial score (nSPS) is 10.8. The van der Waals surface area contributed by atoms with Gasteiger partial charge in [0.15, 0.2) is 0 Å². The van der Waals surface area contributed by atoms with Crippen molar-refractivity contribution in [3.8, 4) is 0 Å². The van der Waals surface area contributed by atoms with E-state index < -0.39 is 5.97 Å². The summed E-state index contributed by atoms with van der Waals surface area (Å²) < 4.78 is 6.93. The molecule has 18 heavy (non-hydrogen) atoms. The number of hydrogen-bond acceptors (Lipinski definition) is 5. The lowest BCUT2D eigenvalue weighted by atomic mass is 10.2. The highest BCUT2D eigenvalue weighted by atomic mass is 16.4. The second-order valence-electron chi connectivity index (χ2n) is 3.95. The molecular weight excluding hydrogens is 236 g/mol. The number of carbonyl (C=O) groups is 1. The van der Waals surface area contributed by atoms with E-state index in [9.17, 15) is 4.79 Å². The van der Waals surface area contributed by atoms with E-state index in [1.54, 1.807) is 18.5 Å². The minimum absolute atomic E-state index is 0.227. The van der Waals surface area contributed by atoms with Gasteiger partial charge in [-0.2, -0.15) is 5.10 Å². The molecule has 96 valence electrons. The van der Waals surface area contributed by atoms with E-state index >= 15 is 0 Å². The zero-order chi connectivity index (χ0) is 13.3. The van der Waals surface area contributed by atoms with Crippen molar-refractivity contribution in [2.45, 2.75) is 33.7 Å². The molecule has 0 aromatic carbocycles. The third-order valence-electron chi connectivity index (χ3n) is 2.69. The molecule has 2 heterocycles. The summed E-state index contributed by atoms with van der Waals surface area (Å²) in [6.07, 6.45) is 0.671. The minimum atomic E-state index is -0.976. The highest BCUT2D eigenvalue weighted by molar-refractivity contribution is 5.90. The molecule has 7 heteroatoms. The average Bonchev–Trinajstić information content (AvgIpc) is 2.85. The van der Waals surface area contributed by atoms with E-state index in [0.29, 0.717) is 29.6 Å². The van der Waals surface area contributed by atoms with Crippen LogP contribution in [0.1, 0.15) is 40.5 Å². The topological polar surface area (TPSA) is 94.0 Å². The van der Waals surface area contributed by atoms with Gasteiger partial charge in [0.25, 0.3) is 0 Å². The van der Waals surface area contributed by atoms with E-state index in [2.05, 4.69) is 15.3 Å². The van der Waals surface area contributed by atoms with Gasteiger partial charge < -0.3 is 9.52 Å². The second-order valence-corrected chi connectivity index (χ2v) is 3.95. The highest BCUT2D eigenvalue weighted by Gasteiger charge is 2.18. The lowest BCUT2D eigenvalue weighted by Crippen LogP contribution is -2.06. The van der Waals surface area contributed by atoms with E-state index in [1.165, 1.54) is 0 Å². The molecule has 0 spiro atoms. The summed E-state index contributed by atoms with van der Waals surface area (Å²) in [5, 5.41) is 21.0. The van der Waals surface area contributed by atoms with Crippen molar-refractivity contribution >= 4 is 5.97 Å². The Morgan fingerprint density at radius 3 is 2.50 bits per heavy atom. The molecule has 0 saturated heterocycles. The summed E-state index contributed by atoms with van der Waals surface area (Å²) in [7, 11) is 0. The largest absolute Gasteiger partial charge is 0.478 e. The fraction of sp³-hybridized carbons (Fsp3) is 0.455. The molecule has 0 unspecified atom stereocenters. The number of carboxylic acid groups (broad SMARTS) is 1. The highest BCUT2D eigenvalue weighted by Crippen LogP contribution is 2.14. The zero-order valence-corrected chi connectivity index (χ0v) is 10.5. The molecule has 0 radical (unpaired) electrons. The van der Waals surface area contributed by atoms with Crippen LogP contribution in [0.5, 0.6) is 0 Å². The van der Waals surface area contributed by atoms with Gasteiger partial charge in [0, 0.05) is 6.42 Å². The Kier molecular flexibility index (Phi) is 3.14. The van der Waals surface area contributed by atoms with Gasteiger partial charge in [-0.25, -0.2) is 4.79 Å². The SMILES string of the molecule is CCc1nnc(Cn2nc(C)c(C(=O)O)c2C)o1. The smallest absolute Gasteiger partial charge is 0.339 e. The second kappa shape index (κ2) is 4.59. The van der Waals surface area contributed by atoms with Gasteiger partial charge in [0.2, 0.25) is 11.8 Å². The summed E-state index contributed by atoms with van der Waals surface area (Å²) >= 11 is 0. The van der Waals surface area contributed by atoms with Crippen molar-refractivity contribution in [2.75, 3.05) is 0 Å². The Labute approximate surface area is 103 Å².